The topological polar surface area (TPSA) is 194 Å². The second-order valence-electron chi connectivity index (χ2n) is 17.1. The number of anilines is 2. The van der Waals surface area contributed by atoms with Crippen LogP contribution in [0.5, 0.6) is 0 Å². The molecule has 5 fully saturated rings. The predicted molar refractivity (Wildman–Crippen MR) is 215 cm³/mol. The Morgan fingerprint density at radius 2 is 1.85 bits per heavy atom. The summed E-state index contributed by atoms with van der Waals surface area (Å²) >= 11 is 0. The lowest BCUT2D eigenvalue weighted by atomic mass is 9.85. The van der Waals surface area contributed by atoms with Gasteiger partial charge in [0.1, 0.15) is 17.1 Å². The van der Waals surface area contributed by atoms with Gasteiger partial charge in [-0.25, -0.2) is 18.3 Å². The zero-order valence-electron chi connectivity index (χ0n) is 33.5. The van der Waals surface area contributed by atoms with Crippen LogP contribution >= 0.6 is 0 Å². The lowest BCUT2D eigenvalue weighted by molar-refractivity contribution is -0.134. The molecule has 4 saturated heterocycles. The Labute approximate surface area is 348 Å². The molecule has 19 heteroatoms. The van der Waals surface area contributed by atoms with E-state index in [4.69, 9.17) is 14.2 Å². The molecule has 10 rings (SSSR count). The summed E-state index contributed by atoms with van der Waals surface area (Å²) < 4.78 is 43.0. The van der Waals surface area contributed by atoms with Crippen molar-refractivity contribution in [3.05, 3.63) is 65.4 Å². The van der Waals surface area contributed by atoms with Crippen LogP contribution in [-0.2, 0) is 25.5 Å². The monoisotopic (exact) mass is 839 g/mol. The zero-order chi connectivity index (χ0) is 41.8. The van der Waals surface area contributed by atoms with Crippen molar-refractivity contribution < 1.29 is 37.2 Å². The minimum absolute atomic E-state index is 0.0180. The molecule has 5 aliphatic rings. The first-order valence-corrected chi connectivity index (χ1v) is 21.3. The maximum absolute atomic E-state index is 14.3. The summed E-state index contributed by atoms with van der Waals surface area (Å²) in [5.41, 5.74) is 1.69. The number of aromatic nitrogens is 6. The van der Waals surface area contributed by atoms with Crippen molar-refractivity contribution in [2.75, 3.05) is 43.0 Å². The van der Waals surface area contributed by atoms with Crippen molar-refractivity contribution in [3.8, 4) is 0 Å². The molecule has 320 valence electrons. The maximum Gasteiger partial charge on any atom is 0.284 e. The van der Waals surface area contributed by atoms with Crippen molar-refractivity contribution in [1.29, 1.82) is 0 Å². The minimum atomic E-state index is -2.87. The fourth-order valence-electron chi connectivity index (χ4n) is 9.95. The number of ether oxygens (including phenoxy) is 1. The number of halogens is 2. The molecule has 0 radical (unpaired) electrons. The number of morpholine rings is 1. The van der Waals surface area contributed by atoms with Crippen LogP contribution in [0.25, 0.3) is 16.6 Å². The Balaban J connectivity index is 0.699. The van der Waals surface area contributed by atoms with Crippen molar-refractivity contribution in [1.82, 2.24) is 45.1 Å². The van der Waals surface area contributed by atoms with Crippen molar-refractivity contribution in [3.63, 3.8) is 0 Å². The quantitative estimate of drug-likeness (QED) is 0.160. The zero-order valence-corrected chi connectivity index (χ0v) is 33.5. The van der Waals surface area contributed by atoms with Crippen LogP contribution < -0.4 is 20.9 Å². The van der Waals surface area contributed by atoms with Crippen molar-refractivity contribution in [2.45, 2.75) is 101 Å². The fourth-order valence-corrected chi connectivity index (χ4v) is 9.95. The Bertz CT molecular complexity index is 2490. The number of benzene rings is 1. The second-order valence-corrected chi connectivity index (χ2v) is 17.1. The molecule has 2 bridgehead atoms. The number of rotatable bonds is 11. The van der Waals surface area contributed by atoms with E-state index < -0.39 is 23.9 Å². The van der Waals surface area contributed by atoms with E-state index in [-0.39, 0.29) is 66.0 Å². The summed E-state index contributed by atoms with van der Waals surface area (Å²) in [4.78, 5) is 60.2. The van der Waals surface area contributed by atoms with E-state index in [0.717, 1.165) is 76.9 Å². The van der Waals surface area contributed by atoms with E-state index in [9.17, 15) is 28.0 Å². The van der Waals surface area contributed by atoms with E-state index >= 15 is 0 Å². The van der Waals surface area contributed by atoms with Crippen molar-refractivity contribution in [2.24, 2.45) is 5.92 Å². The van der Waals surface area contributed by atoms with Crippen LogP contribution in [0.1, 0.15) is 103 Å². The van der Waals surface area contributed by atoms with E-state index in [1.54, 1.807) is 10.9 Å². The number of carbonyl (C=O) groups excluding carboxylic acids is 4. The Morgan fingerprint density at radius 3 is 2.61 bits per heavy atom. The molecular weight excluding hydrogens is 793 g/mol. The minimum Gasteiger partial charge on any atom is -0.374 e. The molecule has 3 atom stereocenters. The maximum atomic E-state index is 14.3. The number of imide groups is 1. The molecule has 3 N–H and O–H groups in total. The number of nitrogens with one attached hydrogen (secondary N) is 3. The largest absolute Gasteiger partial charge is 0.374 e. The standard InChI is InChI=1S/C42H47F2N11O6/c43-39(44)37-32(47-42(59)31-18-45-54-15-12-33(48-40(31)54)53-20-28-17-27(53)22-60-28)21-55(50-37)26-6-4-23(5-7-26)19-52-13-10-25(11-14-52)46-35(57)16-24-2-1-3-29-36(51-61-38(24)29)30-8-9-34(56)49-41(30)58/h1-3,12,15,18,21,23,25-28,30,39H,4-11,13-14,16-17,19-20,22H2,(H,46,57)(H,47,59)(H,49,56,58)/t23?,26?,27-,28-,30?/m1/s1. The van der Waals surface area contributed by atoms with Crippen molar-refractivity contribution >= 4 is 51.8 Å². The summed E-state index contributed by atoms with van der Waals surface area (Å²) in [6.45, 7) is 4.02. The molecule has 17 nitrogen and oxygen atoms in total. The average molecular weight is 840 g/mol. The van der Waals surface area contributed by atoms with Gasteiger partial charge >= 0.3 is 0 Å². The number of hydrogen-bond donors (Lipinski definition) is 3. The van der Waals surface area contributed by atoms with E-state index in [1.165, 1.54) is 16.9 Å². The molecule has 8 heterocycles. The van der Waals surface area contributed by atoms with Gasteiger partial charge in [0, 0.05) is 62.0 Å². The average Bonchev–Trinajstić information content (AvgIpc) is 4.11. The van der Waals surface area contributed by atoms with E-state index in [1.807, 2.05) is 24.3 Å². The molecule has 4 amide bonds. The molecule has 4 aliphatic heterocycles. The SMILES string of the molecule is O=C1CCC(c2noc3c(CC(=O)NC4CCN(CC5CCC(n6cc(NC(=O)c7cnn8ccc(N9C[C@H]%10C[C@@H]9CO%10)nc78)c(C(F)F)n6)CC5)CC4)cccc23)C(=O)N1. The summed E-state index contributed by atoms with van der Waals surface area (Å²) in [6.07, 6.45) is 8.70. The first-order valence-electron chi connectivity index (χ1n) is 21.3. The number of para-hydroxylation sites is 1. The smallest absolute Gasteiger partial charge is 0.284 e. The normalized spacial score (nSPS) is 24.9. The van der Waals surface area contributed by atoms with Crippen LogP contribution in [0.3, 0.4) is 0 Å². The summed E-state index contributed by atoms with van der Waals surface area (Å²) in [6, 6.07) is 7.55. The Kier molecular flexibility index (Phi) is 10.5. The predicted octanol–water partition coefficient (Wildman–Crippen LogP) is 4.31. The van der Waals surface area contributed by atoms with Gasteiger partial charge in [-0.05, 0) is 69.4 Å². The van der Waals surface area contributed by atoms with Crippen LogP contribution in [0.2, 0.25) is 0 Å². The number of amides is 4. The molecule has 4 aromatic heterocycles. The number of nitrogens with zero attached hydrogens (tertiary/aromatic N) is 8. The molecule has 0 spiro atoms. The summed E-state index contributed by atoms with van der Waals surface area (Å²) in [5.74, 6) is -0.773. The highest BCUT2D eigenvalue weighted by atomic mass is 19.3. The molecule has 61 heavy (non-hydrogen) atoms. The fraction of sp³-hybridized carbons (Fsp3) is 0.524. The van der Waals surface area contributed by atoms with Crippen LogP contribution in [0, 0.1) is 5.92 Å². The van der Waals surface area contributed by atoms with E-state index in [0.29, 0.717) is 46.8 Å². The number of likely N-dealkylation sites (tertiary alicyclic amines) is 1. The number of piperidine rings is 2. The van der Waals surface area contributed by atoms with Gasteiger partial charge in [0.05, 0.1) is 49.0 Å². The number of fused-ring (bicyclic) bond motifs is 4. The summed E-state index contributed by atoms with van der Waals surface area (Å²) in [5, 5.41) is 21.6. The first kappa shape index (κ1) is 39.3. The number of hydrogen-bond acceptors (Lipinski definition) is 12. The van der Waals surface area contributed by atoms with Gasteiger partial charge < -0.3 is 29.7 Å². The molecular formula is C42H47F2N11O6. The summed E-state index contributed by atoms with van der Waals surface area (Å²) in [7, 11) is 0. The van der Waals surface area contributed by atoms with Gasteiger partial charge in [-0.3, -0.25) is 29.2 Å². The van der Waals surface area contributed by atoms with Crippen LogP contribution in [0.4, 0.5) is 20.3 Å². The lowest BCUT2D eigenvalue weighted by Crippen LogP contribution is -2.46. The first-order chi connectivity index (χ1) is 29.6. The molecule has 1 aromatic carbocycles. The van der Waals surface area contributed by atoms with Gasteiger partial charge in [-0.15, -0.1) is 0 Å². The number of carbonyl (C=O) groups is 4. The third-order valence-corrected chi connectivity index (χ3v) is 13.2. The Hall–Kier alpha value is -5.82. The molecule has 1 unspecified atom stereocenters. The number of alkyl halides is 2. The third-order valence-electron chi connectivity index (χ3n) is 13.2. The second kappa shape index (κ2) is 16.2. The van der Waals surface area contributed by atoms with Gasteiger partial charge in [-0.2, -0.15) is 10.2 Å². The highest BCUT2D eigenvalue weighted by molar-refractivity contribution is 6.08. The van der Waals surface area contributed by atoms with Crippen LogP contribution in [0.15, 0.2) is 47.4 Å². The van der Waals surface area contributed by atoms with Gasteiger partial charge in [0.25, 0.3) is 12.3 Å². The molecule has 1 saturated carbocycles. The van der Waals surface area contributed by atoms with Gasteiger partial charge in [-0.1, -0.05) is 17.3 Å². The highest BCUT2D eigenvalue weighted by Gasteiger charge is 2.40. The van der Waals surface area contributed by atoms with Crippen LogP contribution in [-0.4, -0.2) is 109 Å². The van der Waals surface area contributed by atoms with E-state index in [2.05, 4.69) is 41.1 Å². The third kappa shape index (κ3) is 7.84. The van der Waals surface area contributed by atoms with Gasteiger partial charge in [0.2, 0.25) is 17.7 Å². The molecule has 1 aliphatic carbocycles. The Morgan fingerprint density at radius 1 is 1.02 bits per heavy atom. The lowest BCUT2D eigenvalue weighted by Gasteiger charge is -2.36. The molecule has 5 aromatic rings. The van der Waals surface area contributed by atoms with Gasteiger partial charge in [0.15, 0.2) is 16.9 Å². The highest BCUT2D eigenvalue weighted by Crippen LogP contribution is 2.37.